The Bertz CT molecular complexity index is 654. The average Bonchev–Trinajstić information content (AvgIpc) is 3.04. The van der Waals surface area contributed by atoms with E-state index in [4.69, 9.17) is 14.0 Å². The van der Waals surface area contributed by atoms with Crippen LogP contribution in [0.3, 0.4) is 0 Å². The number of carbonyl (C=O) groups excluding carboxylic acids is 3. The fraction of sp³-hybridized carbons (Fsp3) is 0.769. The summed E-state index contributed by atoms with van der Waals surface area (Å²) in [5.41, 5.74) is -1.28. The standard InChI is InChI=1S/C13H16O9S/c14-10(20-1-2-23(17,18)19)6-21-12(16)13-5-7-3-8(9(13)4-7)11(15)22-13/h7-9H,1-6H2,(H,17,18,19). The predicted octanol–water partition coefficient (Wildman–Crippen LogP) is -0.698. The Morgan fingerprint density at radius 1 is 1.30 bits per heavy atom. The summed E-state index contributed by atoms with van der Waals surface area (Å²) < 4.78 is 44.1. The van der Waals surface area contributed by atoms with Crippen molar-refractivity contribution in [3.63, 3.8) is 0 Å². The molecule has 2 aliphatic carbocycles. The Hall–Kier alpha value is -1.68. The van der Waals surface area contributed by atoms with Gasteiger partial charge in [0.2, 0.25) is 5.60 Å². The van der Waals surface area contributed by atoms with Crippen molar-refractivity contribution in [1.82, 2.24) is 0 Å². The van der Waals surface area contributed by atoms with Gasteiger partial charge in [-0.2, -0.15) is 8.42 Å². The highest BCUT2D eigenvalue weighted by Crippen LogP contribution is 2.60. The minimum atomic E-state index is -4.23. The van der Waals surface area contributed by atoms with E-state index in [0.29, 0.717) is 6.42 Å². The molecule has 0 spiro atoms. The zero-order valence-electron chi connectivity index (χ0n) is 12.1. The lowest BCUT2D eigenvalue weighted by molar-refractivity contribution is -0.179. The molecule has 3 aliphatic rings. The van der Waals surface area contributed by atoms with Crippen molar-refractivity contribution in [2.75, 3.05) is 19.0 Å². The summed E-state index contributed by atoms with van der Waals surface area (Å²) in [7, 11) is -4.23. The molecular weight excluding hydrogens is 332 g/mol. The van der Waals surface area contributed by atoms with E-state index in [0.717, 1.165) is 12.8 Å². The molecule has 1 heterocycles. The van der Waals surface area contributed by atoms with Crippen molar-refractivity contribution in [1.29, 1.82) is 0 Å². The largest absolute Gasteiger partial charge is 0.462 e. The molecule has 23 heavy (non-hydrogen) atoms. The normalized spacial score (nSPS) is 34.3. The van der Waals surface area contributed by atoms with Crippen LogP contribution in [0.15, 0.2) is 0 Å². The molecule has 0 radical (unpaired) electrons. The molecule has 2 bridgehead atoms. The van der Waals surface area contributed by atoms with Gasteiger partial charge in [0.25, 0.3) is 10.1 Å². The highest BCUT2D eigenvalue weighted by molar-refractivity contribution is 7.85. The fourth-order valence-electron chi connectivity index (χ4n) is 3.86. The molecule has 0 aromatic heterocycles. The third kappa shape index (κ3) is 2.92. The summed E-state index contributed by atoms with van der Waals surface area (Å²) in [6.07, 6.45) is 1.89. The minimum Gasteiger partial charge on any atom is -0.462 e. The zero-order chi connectivity index (χ0) is 16.8. The van der Waals surface area contributed by atoms with Crippen molar-refractivity contribution in [3.05, 3.63) is 0 Å². The molecule has 10 heteroatoms. The first-order valence-corrected chi connectivity index (χ1v) is 8.83. The van der Waals surface area contributed by atoms with Crippen LogP contribution in [0.2, 0.25) is 0 Å². The number of esters is 3. The number of carbonyl (C=O) groups is 3. The van der Waals surface area contributed by atoms with Gasteiger partial charge in [0.1, 0.15) is 12.4 Å². The van der Waals surface area contributed by atoms with Crippen molar-refractivity contribution < 1.29 is 41.6 Å². The van der Waals surface area contributed by atoms with Gasteiger partial charge in [-0.3, -0.25) is 9.35 Å². The molecule has 1 aliphatic heterocycles. The predicted molar refractivity (Wildman–Crippen MR) is 71.5 cm³/mol. The number of hydrogen-bond acceptors (Lipinski definition) is 8. The van der Waals surface area contributed by atoms with Crippen molar-refractivity contribution in [3.8, 4) is 0 Å². The molecule has 128 valence electrons. The van der Waals surface area contributed by atoms with Crippen molar-refractivity contribution >= 4 is 28.0 Å². The van der Waals surface area contributed by atoms with Gasteiger partial charge >= 0.3 is 17.9 Å². The highest BCUT2D eigenvalue weighted by Gasteiger charge is 2.70. The van der Waals surface area contributed by atoms with Crippen LogP contribution in [0.25, 0.3) is 0 Å². The van der Waals surface area contributed by atoms with E-state index in [1.54, 1.807) is 0 Å². The van der Waals surface area contributed by atoms with E-state index < -0.39 is 46.6 Å². The summed E-state index contributed by atoms with van der Waals surface area (Å²) in [6, 6.07) is 0. The van der Waals surface area contributed by atoms with Crippen molar-refractivity contribution in [2.45, 2.75) is 24.9 Å². The first kappa shape index (κ1) is 16.2. The van der Waals surface area contributed by atoms with Gasteiger partial charge in [0.15, 0.2) is 6.61 Å². The Balaban J connectivity index is 1.51. The van der Waals surface area contributed by atoms with Gasteiger partial charge in [-0.15, -0.1) is 0 Å². The van der Waals surface area contributed by atoms with Crippen LogP contribution in [0.1, 0.15) is 19.3 Å². The maximum absolute atomic E-state index is 12.3. The number of rotatable bonds is 6. The lowest BCUT2D eigenvalue weighted by Gasteiger charge is -2.27. The highest BCUT2D eigenvalue weighted by atomic mass is 32.2. The molecule has 1 N–H and O–H groups in total. The number of ether oxygens (including phenoxy) is 3. The van der Waals surface area contributed by atoms with Gasteiger partial charge in [-0.25, -0.2) is 9.59 Å². The van der Waals surface area contributed by atoms with Gasteiger partial charge < -0.3 is 14.2 Å². The third-order valence-electron chi connectivity index (χ3n) is 4.71. The van der Waals surface area contributed by atoms with Crippen LogP contribution >= 0.6 is 0 Å². The van der Waals surface area contributed by atoms with E-state index in [2.05, 4.69) is 4.74 Å². The maximum atomic E-state index is 12.3. The van der Waals surface area contributed by atoms with E-state index in [9.17, 15) is 22.8 Å². The van der Waals surface area contributed by atoms with Crippen LogP contribution in [0, 0.1) is 17.8 Å². The van der Waals surface area contributed by atoms with Gasteiger partial charge in [0.05, 0.1) is 5.92 Å². The molecule has 1 saturated heterocycles. The quantitative estimate of drug-likeness (QED) is 0.376. The first-order valence-electron chi connectivity index (χ1n) is 7.22. The van der Waals surface area contributed by atoms with E-state index in [1.807, 2.05) is 0 Å². The van der Waals surface area contributed by atoms with Crippen LogP contribution < -0.4 is 0 Å². The van der Waals surface area contributed by atoms with E-state index in [1.165, 1.54) is 0 Å². The SMILES string of the molecule is O=C(COC(=O)C12CC3CC(C(=O)O1)C2C3)OCCS(=O)(=O)O. The third-order valence-corrected chi connectivity index (χ3v) is 5.39. The topological polar surface area (TPSA) is 133 Å². The van der Waals surface area contributed by atoms with Crippen LogP contribution in [-0.4, -0.2) is 55.4 Å². The zero-order valence-corrected chi connectivity index (χ0v) is 12.9. The molecule has 0 amide bonds. The number of fused-ring (bicyclic) bond motifs is 1. The van der Waals surface area contributed by atoms with E-state index >= 15 is 0 Å². The fourth-order valence-corrected chi connectivity index (χ4v) is 4.16. The Labute approximate surface area is 132 Å². The monoisotopic (exact) mass is 348 g/mol. The summed E-state index contributed by atoms with van der Waals surface area (Å²) in [6.45, 7) is -1.24. The summed E-state index contributed by atoms with van der Waals surface area (Å²) in [4.78, 5) is 35.4. The lowest BCUT2D eigenvalue weighted by atomic mass is 9.80. The molecule has 0 aromatic rings. The summed E-state index contributed by atoms with van der Waals surface area (Å²) in [5, 5.41) is 0. The molecule has 9 nitrogen and oxygen atoms in total. The maximum Gasteiger partial charge on any atom is 0.351 e. The molecule has 3 fully saturated rings. The molecule has 3 rings (SSSR count). The molecule has 4 atom stereocenters. The second kappa shape index (κ2) is 5.45. The summed E-state index contributed by atoms with van der Waals surface area (Å²) in [5.74, 6) is -3.02. The second-order valence-electron chi connectivity index (χ2n) is 6.15. The smallest absolute Gasteiger partial charge is 0.351 e. The lowest BCUT2D eigenvalue weighted by Crippen LogP contribution is -2.44. The Kier molecular flexibility index (Phi) is 3.83. The molecular formula is C13H16O9S. The Morgan fingerprint density at radius 3 is 2.70 bits per heavy atom. The second-order valence-corrected chi connectivity index (χ2v) is 7.72. The molecule has 0 aromatic carbocycles. The minimum absolute atomic E-state index is 0.192. The summed E-state index contributed by atoms with van der Waals surface area (Å²) >= 11 is 0. The van der Waals surface area contributed by atoms with Crippen molar-refractivity contribution in [2.24, 2.45) is 17.8 Å². The first-order chi connectivity index (χ1) is 10.7. The average molecular weight is 348 g/mol. The van der Waals surface area contributed by atoms with Gasteiger partial charge in [-0.05, 0) is 18.8 Å². The molecule has 4 unspecified atom stereocenters. The van der Waals surface area contributed by atoms with Crippen LogP contribution in [0.5, 0.6) is 0 Å². The van der Waals surface area contributed by atoms with E-state index in [-0.39, 0.29) is 23.7 Å². The van der Waals surface area contributed by atoms with Crippen LogP contribution in [0.4, 0.5) is 0 Å². The molecule has 2 saturated carbocycles. The van der Waals surface area contributed by atoms with Gasteiger partial charge in [-0.1, -0.05) is 0 Å². The Morgan fingerprint density at radius 2 is 2.04 bits per heavy atom. The van der Waals surface area contributed by atoms with Crippen LogP contribution in [-0.2, 0) is 38.7 Å². The number of hydrogen-bond donors (Lipinski definition) is 1. The van der Waals surface area contributed by atoms with Gasteiger partial charge in [0, 0.05) is 12.3 Å².